The highest BCUT2D eigenvalue weighted by atomic mass is 79.9. The first-order valence-electron chi connectivity index (χ1n) is 7.22. The molecule has 0 aliphatic carbocycles. The molecule has 0 heterocycles. The Kier molecular flexibility index (Phi) is 5.07. The summed E-state index contributed by atoms with van der Waals surface area (Å²) in [6.07, 6.45) is 0.636. The minimum absolute atomic E-state index is 0.0646. The van der Waals surface area contributed by atoms with Gasteiger partial charge in [0.25, 0.3) is 0 Å². The summed E-state index contributed by atoms with van der Waals surface area (Å²) in [5.74, 6) is 0.733. The lowest BCUT2D eigenvalue weighted by atomic mass is 9.83. The van der Waals surface area contributed by atoms with Gasteiger partial charge in [-0.25, -0.2) is 0 Å². The van der Waals surface area contributed by atoms with Crippen molar-refractivity contribution < 1.29 is 9.84 Å². The lowest BCUT2D eigenvalue weighted by Gasteiger charge is -2.30. The molecular formula is C18H21BrO2. The molecule has 0 saturated heterocycles. The van der Waals surface area contributed by atoms with Gasteiger partial charge in [0.2, 0.25) is 0 Å². The van der Waals surface area contributed by atoms with Crippen molar-refractivity contribution in [2.45, 2.75) is 38.9 Å². The van der Waals surface area contributed by atoms with Crippen molar-refractivity contribution in [1.29, 1.82) is 0 Å². The van der Waals surface area contributed by atoms with E-state index in [1.165, 1.54) is 0 Å². The van der Waals surface area contributed by atoms with Crippen LogP contribution < -0.4 is 4.74 Å². The highest BCUT2D eigenvalue weighted by Crippen LogP contribution is 2.39. The fourth-order valence-corrected chi connectivity index (χ4v) is 2.86. The van der Waals surface area contributed by atoms with Crippen LogP contribution in [-0.4, -0.2) is 11.2 Å². The molecule has 0 amide bonds. The van der Waals surface area contributed by atoms with Gasteiger partial charge in [-0.1, -0.05) is 53.2 Å². The van der Waals surface area contributed by atoms with Gasteiger partial charge in [0.05, 0.1) is 6.10 Å². The third-order valence-electron chi connectivity index (χ3n) is 3.51. The predicted octanol–water partition coefficient (Wildman–Crippen LogP) is 4.88. The number of aliphatic hydroxyl groups is 1. The van der Waals surface area contributed by atoms with Crippen molar-refractivity contribution in [3.05, 3.63) is 64.1 Å². The zero-order valence-corrected chi connectivity index (χ0v) is 14.2. The fourth-order valence-electron chi connectivity index (χ4n) is 2.46. The van der Waals surface area contributed by atoms with E-state index >= 15 is 0 Å². The van der Waals surface area contributed by atoms with E-state index in [4.69, 9.17) is 4.74 Å². The second-order valence-corrected chi connectivity index (χ2v) is 6.30. The number of rotatable bonds is 5. The van der Waals surface area contributed by atoms with Crippen molar-refractivity contribution >= 4 is 15.9 Å². The number of halogens is 1. The maximum Gasteiger partial charge on any atom is 0.126 e. The quantitative estimate of drug-likeness (QED) is 0.833. The Balaban J connectivity index is 2.55. The molecule has 112 valence electrons. The summed E-state index contributed by atoms with van der Waals surface area (Å²) >= 11 is 3.47. The Labute approximate surface area is 134 Å². The third kappa shape index (κ3) is 3.47. The van der Waals surface area contributed by atoms with Crippen LogP contribution in [0.4, 0.5) is 0 Å². The van der Waals surface area contributed by atoms with Crippen LogP contribution in [0.3, 0.4) is 0 Å². The minimum Gasteiger partial charge on any atom is -0.491 e. The maximum absolute atomic E-state index is 11.3. The van der Waals surface area contributed by atoms with E-state index in [2.05, 4.69) is 15.9 Å². The van der Waals surface area contributed by atoms with E-state index in [0.717, 1.165) is 21.3 Å². The van der Waals surface area contributed by atoms with E-state index in [9.17, 15) is 5.11 Å². The summed E-state index contributed by atoms with van der Waals surface area (Å²) in [4.78, 5) is 0. The van der Waals surface area contributed by atoms with Crippen LogP contribution in [0.1, 0.15) is 38.3 Å². The molecule has 0 aliphatic rings. The van der Waals surface area contributed by atoms with Crippen molar-refractivity contribution in [2.24, 2.45) is 0 Å². The highest BCUT2D eigenvalue weighted by Gasteiger charge is 2.32. The summed E-state index contributed by atoms with van der Waals surface area (Å²) in [5.41, 5.74) is 0.605. The number of hydrogen-bond acceptors (Lipinski definition) is 2. The monoisotopic (exact) mass is 348 g/mol. The molecule has 0 radical (unpaired) electrons. The Morgan fingerprint density at radius 1 is 1.14 bits per heavy atom. The predicted molar refractivity (Wildman–Crippen MR) is 89.6 cm³/mol. The van der Waals surface area contributed by atoms with Crippen LogP contribution >= 0.6 is 15.9 Å². The van der Waals surface area contributed by atoms with Gasteiger partial charge >= 0.3 is 0 Å². The second-order valence-electron chi connectivity index (χ2n) is 5.39. The first kappa shape index (κ1) is 16.1. The van der Waals surface area contributed by atoms with Crippen LogP contribution in [0.15, 0.2) is 53.0 Å². The molecule has 2 rings (SSSR count). The van der Waals surface area contributed by atoms with Crippen molar-refractivity contribution in [1.82, 2.24) is 0 Å². The first-order chi connectivity index (χ1) is 9.97. The number of ether oxygens (including phenoxy) is 1. The van der Waals surface area contributed by atoms with Gasteiger partial charge in [-0.05, 0) is 44.0 Å². The molecular weight excluding hydrogens is 328 g/mol. The molecule has 2 aromatic carbocycles. The molecule has 0 aliphatic heterocycles. The molecule has 3 heteroatoms. The topological polar surface area (TPSA) is 29.5 Å². The van der Waals surface area contributed by atoms with Crippen molar-refractivity contribution in [3.8, 4) is 5.75 Å². The molecule has 1 atom stereocenters. The normalized spacial score (nSPS) is 14.0. The minimum atomic E-state index is -1.06. The van der Waals surface area contributed by atoms with E-state index in [0.29, 0.717) is 6.42 Å². The smallest absolute Gasteiger partial charge is 0.126 e. The Hall–Kier alpha value is -1.32. The van der Waals surface area contributed by atoms with Gasteiger partial charge in [0.1, 0.15) is 11.4 Å². The molecule has 0 aromatic heterocycles. The molecule has 2 aromatic rings. The van der Waals surface area contributed by atoms with Crippen LogP contribution in [0.5, 0.6) is 5.75 Å². The van der Waals surface area contributed by atoms with Crippen molar-refractivity contribution in [3.63, 3.8) is 0 Å². The molecule has 0 saturated carbocycles. The van der Waals surface area contributed by atoms with Gasteiger partial charge in [-0.2, -0.15) is 0 Å². The molecule has 1 unspecified atom stereocenters. The molecule has 21 heavy (non-hydrogen) atoms. The standard InChI is InChI=1S/C18H21BrO2/c1-4-18(20,14-8-7-9-15(19)12-14)16-10-5-6-11-17(16)21-13(2)3/h5-13,20H,4H2,1-3H3. The Morgan fingerprint density at radius 3 is 2.48 bits per heavy atom. The lowest BCUT2D eigenvalue weighted by molar-refractivity contribution is 0.0712. The van der Waals surface area contributed by atoms with E-state index in [1.807, 2.05) is 69.3 Å². The van der Waals surface area contributed by atoms with Gasteiger partial charge in [-0.15, -0.1) is 0 Å². The summed E-state index contributed by atoms with van der Waals surface area (Å²) in [7, 11) is 0. The summed E-state index contributed by atoms with van der Waals surface area (Å²) in [6, 6.07) is 15.5. The Morgan fingerprint density at radius 2 is 1.86 bits per heavy atom. The average Bonchev–Trinajstić information content (AvgIpc) is 2.46. The highest BCUT2D eigenvalue weighted by molar-refractivity contribution is 9.10. The van der Waals surface area contributed by atoms with Gasteiger partial charge < -0.3 is 9.84 Å². The van der Waals surface area contributed by atoms with Gasteiger partial charge in [0.15, 0.2) is 0 Å². The van der Waals surface area contributed by atoms with E-state index < -0.39 is 5.60 Å². The summed E-state index contributed by atoms with van der Waals surface area (Å²) in [6.45, 7) is 5.95. The number of hydrogen-bond donors (Lipinski definition) is 1. The fraction of sp³-hybridized carbons (Fsp3) is 0.333. The average molecular weight is 349 g/mol. The molecule has 1 N–H and O–H groups in total. The number of benzene rings is 2. The van der Waals surface area contributed by atoms with Crippen LogP contribution in [0.25, 0.3) is 0 Å². The summed E-state index contributed by atoms with van der Waals surface area (Å²) in [5, 5.41) is 11.3. The molecule has 0 fully saturated rings. The Bertz CT molecular complexity index is 610. The maximum atomic E-state index is 11.3. The molecule has 2 nitrogen and oxygen atoms in total. The number of para-hydroxylation sites is 1. The van der Waals surface area contributed by atoms with E-state index in [1.54, 1.807) is 0 Å². The van der Waals surface area contributed by atoms with Crippen molar-refractivity contribution in [2.75, 3.05) is 0 Å². The van der Waals surface area contributed by atoms with Crippen LogP contribution in [-0.2, 0) is 5.60 Å². The second kappa shape index (κ2) is 6.63. The first-order valence-corrected chi connectivity index (χ1v) is 8.01. The largest absolute Gasteiger partial charge is 0.491 e. The SMILES string of the molecule is CCC(O)(c1cccc(Br)c1)c1ccccc1OC(C)C. The third-order valence-corrected chi connectivity index (χ3v) is 4.00. The molecule has 0 spiro atoms. The summed E-state index contributed by atoms with van der Waals surface area (Å²) < 4.78 is 6.83. The van der Waals surface area contributed by atoms with E-state index in [-0.39, 0.29) is 6.10 Å². The van der Waals surface area contributed by atoms with Gasteiger partial charge in [-0.3, -0.25) is 0 Å². The van der Waals surface area contributed by atoms with Crippen LogP contribution in [0.2, 0.25) is 0 Å². The lowest BCUT2D eigenvalue weighted by Crippen LogP contribution is -2.27. The zero-order valence-electron chi connectivity index (χ0n) is 12.6. The zero-order chi connectivity index (χ0) is 15.5. The molecule has 0 bridgehead atoms. The van der Waals surface area contributed by atoms with Crippen LogP contribution in [0, 0.1) is 0 Å². The van der Waals surface area contributed by atoms with Gasteiger partial charge in [0, 0.05) is 10.0 Å².